The molecule has 6 heteroatoms. The quantitative estimate of drug-likeness (QED) is 0.629. The van der Waals surface area contributed by atoms with Crippen molar-refractivity contribution in [1.29, 1.82) is 0 Å². The van der Waals surface area contributed by atoms with Crippen molar-refractivity contribution in [3.8, 4) is 5.75 Å². The molecule has 0 saturated carbocycles. The summed E-state index contributed by atoms with van der Waals surface area (Å²) in [5.74, 6) is -3.04. The average molecular weight is 306 g/mol. The fourth-order valence-electron chi connectivity index (χ4n) is 1.82. The molecule has 0 heterocycles. The van der Waals surface area contributed by atoms with E-state index in [1.165, 1.54) is 13.2 Å². The highest BCUT2D eigenvalue weighted by molar-refractivity contribution is 6.01. The fraction of sp³-hybridized carbons (Fsp3) is 0.125. The largest absolute Gasteiger partial charge is 0.496 e. The van der Waals surface area contributed by atoms with Crippen LogP contribution in [-0.2, 0) is 4.74 Å². The Morgan fingerprint density at radius 3 is 2.45 bits per heavy atom. The Morgan fingerprint density at radius 1 is 1.05 bits per heavy atom. The van der Waals surface area contributed by atoms with Crippen molar-refractivity contribution in [3.63, 3.8) is 0 Å². The molecule has 22 heavy (non-hydrogen) atoms. The lowest BCUT2D eigenvalue weighted by molar-refractivity contribution is 0.0469. The van der Waals surface area contributed by atoms with E-state index in [9.17, 15) is 18.4 Å². The normalized spacial score (nSPS) is 10.1. The van der Waals surface area contributed by atoms with E-state index in [2.05, 4.69) is 0 Å². The van der Waals surface area contributed by atoms with Crippen LogP contribution in [0.3, 0.4) is 0 Å². The summed E-state index contributed by atoms with van der Waals surface area (Å²) < 4.78 is 36.0. The van der Waals surface area contributed by atoms with E-state index in [0.29, 0.717) is 11.8 Å². The standard InChI is InChI=1S/C16H12F2O4/c1-21-15-5-3-2-4-12(15)14(19)9-22-16(20)11-7-6-10(17)8-13(11)18/h2-8H,9H2,1H3. The molecule has 4 nitrogen and oxygen atoms in total. The Hall–Kier alpha value is -2.76. The van der Waals surface area contributed by atoms with Gasteiger partial charge in [-0.3, -0.25) is 4.79 Å². The Labute approximate surface area is 125 Å². The van der Waals surface area contributed by atoms with E-state index < -0.39 is 35.6 Å². The summed E-state index contributed by atoms with van der Waals surface area (Å²) in [5, 5.41) is 0. The first kappa shape index (κ1) is 15.6. The van der Waals surface area contributed by atoms with Crippen LogP contribution in [0.5, 0.6) is 5.75 Å². The minimum Gasteiger partial charge on any atom is -0.496 e. The molecule has 0 aromatic heterocycles. The van der Waals surface area contributed by atoms with Gasteiger partial charge in [0, 0.05) is 6.07 Å². The van der Waals surface area contributed by atoms with Crippen LogP contribution in [0, 0.1) is 11.6 Å². The fourth-order valence-corrected chi connectivity index (χ4v) is 1.82. The second-order valence-electron chi connectivity index (χ2n) is 4.32. The highest BCUT2D eigenvalue weighted by atomic mass is 19.1. The zero-order valence-electron chi connectivity index (χ0n) is 11.6. The van der Waals surface area contributed by atoms with Crippen molar-refractivity contribution in [3.05, 3.63) is 65.2 Å². The van der Waals surface area contributed by atoms with Gasteiger partial charge < -0.3 is 9.47 Å². The van der Waals surface area contributed by atoms with E-state index in [4.69, 9.17) is 9.47 Å². The summed E-state index contributed by atoms with van der Waals surface area (Å²) in [6.07, 6.45) is 0. The summed E-state index contributed by atoms with van der Waals surface area (Å²) in [5.41, 5.74) is -0.188. The van der Waals surface area contributed by atoms with Crippen LogP contribution in [0.25, 0.3) is 0 Å². The third kappa shape index (κ3) is 3.46. The van der Waals surface area contributed by atoms with Gasteiger partial charge in [-0.15, -0.1) is 0 Å². The predicted octanol–water partition coefficient (Wildman–Crippen LogP) is 3.01. The molecule has 2 aromatic carbocycles. The van der Waals surface area contributed by atoms with Crippen LogP contribution >= 0.6 is 0 Å². The lowest BCUT2D eigenvalue weighted by Crippen LogP contribution is -2.16. The van der Waals surface area contributed by atoms with Gasteiger partial charge in [0.1, 0.15) is 17.4 Å². The van der Waals surface area contributed by atoms with Gasteiger partial charge in [0.05, 0.1) is 18.2 Å². The molecule has 2 aromatic rings. The maximum Gasteiger partial charge on any atom is 0.341 e. The molecule has 0 N–H and O–H groups in total. The van der Waals surface area contributed by atoms with E-state index in [0.717, 1.165) is 12.1 Å². The predicted molar refractivity (Wildman–Crippen MR) is 74.0 cm³/mol. The van der Waals surface area contributed by atoms with Gasteiger partial charge in [-0.05, 0) is 24.3 Å². The van der Waals surface area contributed by atoms with Gasteiger partial charge in [0.2, 0.25) is 5.78 Å². The number of hydrogen-bond acceptors (Lipinski definition) is 4. The van der Waals surface area contributed by atoms with Crippen LogP contribution in [-0.4, -0.2) is 25.5 Å². The number of carbonyl (C=O) groups is 2. The van der Waals surface area contributed by atoms with Gasteiger partial charge in [0.15, 0.2) is 6.61 Å². The molecule has 0 fully saturated rings. The molecule has 0 aliphatic rings. The highest BCUT2D eigenvalue weighted by Crippen LogP contribution is 2.18. The molecule has 0 atom stereocenters. The number of halogens is 2. The Kier molecular flexibility index (Phi) is 4.83. The summed E-state index contributed by atoms with van der Waals surface area (Å²) in [6, 6.07) is 8.90. The minimum atomic E-state index is -1.05. The van der Waals surface area contributed by atoms with Gasteiger partial charge in [0.25, 0.3) is 0 Å². The molecular weight excluding hydrogens is 294 g/mol. The lowest BCUT2D eigenvalue weighted by Gasteiger charge is -2.08. The highest BCUT2D eigenvalue weighted by Gasteiger charge is 2.17. The molecule has 0 aliphatic carbocycles. The van der Waals surface area contributed by atoms with Crippen LogP contribution in [0.1, 0.15) is 20.7 Å². The smallest absolute Gasteiger partial charge is 0.341 e. The SMILES string of the molecule is COc1ccccc1C(=O)COC(=O)c1ccc(F)cc1F. The van der Waals surface area contributed by atoms with Gasteiger partial charge in [-0.2, -0.15) is 0 Å². The second kappa shape index (κ2) is 6.80. The maximum absolute atomic E-state index is 13.4. The summed E-state index contributed by atoms with van der Waals surface area (Å²) in [6.45, 7) is -0.573. The summed E-state index contributed by atoms with van der Waals surface area (Å²) in [4.78, 5) is 23.7. The number of methoxy groups -OCH3 is 1. The third-order valence-electron chi connectivity index (χ3n) is 2.89. The first-order valence-corrected chi connectivity index (χ1v) is 6.31. The molecule has 0 amide bonds. The van der Waals surface area contributed by atoms with Gasteiger partial charge in [-0.25, -0.2) is 13.6 Å². The van der Waals surface area contributed by atoms with Gasteiger partial charge in [-0.1, -0.05) is 12.1 Å². The monoisotopic (exact) mass is 306 g/mol. The Balaban J connectivity index is 2.06. The molecule has 0 spiro atoms. The lowest BCUT2D eigenvalue weighted by atomic mass is 10.1. The van der Waals surface area contributed by atoms with Crippen LogP contribution < -0.4 is 4.74 Å². The number of para-hydroxylation sites is 1. The molecule has 114 valence electrons. The zero-order valence-corrected chi connectivity index (χ0v) is 11.6. The van der Waals surface area contributed by atoms with Crippen molar-refractivity contribution < 1.29 is 27.8 Å². The molecule has 0 radical (unpaired) electrons. The Morgan fingerprint density at radius 2 is 1.77 bits per heavy atom. The van der Waals surface area contributed by atoms with Crippen LogP contribution in [0.4, 0.5) is 8.78 Å². The topological polar surface area (TPSA) is 52.6 Å². The van der Waals surface area contributed by atoms with Crippen molar-refractivity contribution in [2.75, 3.05) is 13.7 Å². The molecule has 0 aliphatic heterocycles. The minimum absolute atomic E-state index is 0.248. The van der Waals surface area contributed by atoms with Crippen molar-refractivity contribution in [1.82, 2.24) is 0 Å². The zero-order chi connectivity index (χ0) is 16.1. The molecule has 0 saturated heterocycles. The molecule has 0 bridgehead atoms. The van der Waals surface area contributed by atoms with Crippen molar-refractivity contribution >= 4 is 11.8 Å². The molecular formula is C16H12F2O4. The average Bonchev–Trinajstić information content (AvgIpc) is 2.52. The van der Waals surface area contributed by atoms with Crippen molar-refractivity contribution in [2.45, 2.75) is 0 Å². The van der Waals surface area contributed by atoms with Crippen LogP contribution in [0.15, 0.2) is 42.5 Å². The number of esters is 1. The number of carbonyl (C=O) groups excluding carboxylic acids is 2. The van der Waals surface area contributed by atoms with E-state index in [1.807, 2.05) is 0 Å². The number of benzene rings is 2. The van der Waals surface area contributed by atoms with Gasteiger partial charge >= 0.3 is 5.97 Å². The van der Waals surface area contributed by atoms with E-state index in [1.54, 1.807) is 18.2 Å². The number of ether oxygens (including phenoxy) is 2. The Bertz CT molecular complexity index is 713. The van der Waals surface area contributed by atoms with E-state index >= 15 is 0 Å². The maximum atomic E-state index is 13.4. The summed E-state index contributed by atoms with van der Waals surface area (Å²) in [7, 11) is 1.41. The molecule has 0 unspecified atom stereocenters. The second-order valence-corrected chi connectivity index (χ2v) is 4.32. The number of Topliss-reactive ketones (excluding diaryl/α,β-unsaturated/α-hetero) is 1. The number of rotatable bonds is 5. The van der Waals surface area contributed by atoms with Crippen molar-refractivity contribution in [2.24, 2.45) is 0 Å². The molecule has 2 rings (SSSR count). The van der Waals surface area contributed by atoms with E-state index in [-0.39, 0.29) is 5.56 Å². The third-order valence-corrected chi connectivity index (χ3v) is 2.89. The summed E-state index contributed by atoms with van der Waals surface area (Å²) >= 11 is 0. The number of ketones is 1. The van der Waals surface area contributed by atoms with Crippen LogP contribution in [0.2, 0.25) is 0 Å². The number of hydrogen-bond donors (Lipinski definition) is 0. The first-order valence-electron chi connectivity index (χ1n) is 6.31. The first-order chi connectivity index (χ1) is 10.5.